The maximum Gasteiger partial charge on any atom is 0.151 e. The van der Waals surface area contributed by atoms with E-state index in [0.29, 0.717) is 13.2 Å². The van der Waals surface area contributed by atoms with Crippen LogP contribution in [0.2, 0.25) is 0 Å². The number of hydrogen-bond acceptors (Lipinski definition) is 3. The standard InChI is InChI=1S/C24H25NO2/c1-3-24(25-27-17-16-26-23-11-7-8-19(2)18-23)22-14-12-21(13-15-22)20-9-5-4-6-10-20/h4-15,18H,3,16-17H2,1-2H3/b25-24+. The Morgan fingerprint density at radius 2 is 1.56 bits per heavy atom. The van der Waals surface area contributed by atoms with Gasteiger partial charge < -0.3 is 9.57 Å². The molecular formula is C24H25NO2. The summed E-state index contributed by atoms with van der Waals surface area (Å²) in [6.07, 6.45) is 0.809. The van der Waals surface area contributed by atoms with Gasteiger partial charge in [-0.05, 0) is 47.7 Å². The Bertz CT molecular complexity index is 870. The van der Waals surface area contributed by atoms with E-state index in [2.05, 4.69) is 60.6 Å². The van der Waals surface area contributed by atoms with Crippen LogP contribution in [0, 0.1) is 6.92 Å². The summed E-state index contributed by atoms with van der Waals surface area (Å²) in [5.74, 6) is 0.856. The molecule has 0 fully saturated rings. The third kappa shape index (κ3) is 5.45. The van der Waals surface area contributed by atoms with Crippen LogP contribution in [0.4, 0.5) is 0 Å². The molecule has 0 aliphatic carbocycles. The van der Waals surface area contributed by atoms with Gasteiger partial charge in [-0.2, -0.15) is 0 Å². The minimum atomic E-state index is 0.416. The lowest BCUT2D eigenvalue weighted by molar-refractivity contribution is 0.107. The zero-order valence-electron chi connectivity index (χ0n) is 15.9. The summed E-state index contributed by atoms with van der Waals surface area (Å²) in [7, 11) is 0. The van der Waals surface area contributed by atoms with Gasteiger partial charge in [0.05, 0.1) is 5.71 Å². The molecule has 0 aromatic heterocycles. The lowest BCUT2D eigenvalue weighted by Gasteiger charge is -2.08. The molecule has 0 radical (unpaired) electrons. The van der Waals surface area contributed by atoms with Gasteiger partial charge in [0, 0.05) is 0 Å². The highest BCUT2D eigenvalue weighted by Gasteiger charge is 2.04. The molecule has 3 aromatic rings. The molecule has 27 heavy (non-hydrogen) atoms. The largest absolute Gasteiger partial charge is 0.490 e. The van der Waals surface area contributed by atoms with E-state index < -0.39 is 0 Å². The van der Waals surface area contributed by atoms with Crippen molar-refractivity contribution < 1.29 is 9.57 Å². The fourth-order valence-electron chi connectivity index (χ4n) is 2.83. The van der Waals surface area contributed by atoms with Crippen molar-refractivity contribution in [2.24, 2.45) is 5.16 Å². The fourth-order valence-corrected chi connectivity index (χ4v) is 2.83. The summed E-state index contributed by atoms with van der Waals surface area (Å²) >= 11 is 0. The van der Waals surface area contributed by atoms with Gasteiger partial charge in [-0.15, -0.1) is 0 Å². The summed E-state index contributed by atoms with van der Waals surface area (Å²) in [6.45, 7) is 5.01. The molecule has 0 atom stereocenters. The molecule has 3 rings (SSSR count). The first-order valence-electron chi connectivity index (χ1n) is 9.30. The van der Waals surface area contributed by atoms with E-state index in [9.17, 15) is 0 Å². The minimum Gasteiger partial charge on any atom is -0.490 e. The number of hydrogen-bond donors (Lipinski definition) is 0. The smallest absolute Gasteiger partial charge is 0.151 e. The van der Waals surface area contributed by atoms with Crippen molar-refractivity contribution in [3.63, 3.8) is 0 Å². The Labute approximate surface area is 161 Å². The van der Waals surface area contributed by atoms with Crippen molar-refractivity contribution in [3.8, 4) is 16.9 Å². The average molecular weight is 359 g/mol. The molecule has 0 N–H and O–H groups in total. The van der Waals surface area contributed by atoms with Crippen LogP contribution in [0.15, 0.2) is 84.0 Å². The molecule has 138 valence electrons. The van der Waals surface area contributed by atoms with Gasteiger partial charge in [-0.1, -0.05) is 78.8 Å². The van der Waals surface area contributed by atoms with Crippen LogP contribution in [0.5, 0.6) is 5.75 Å². The Balaban J connectivity index is 1.54. The molecule has 0 aliphatic heterocycles. The second kappa shape index (κ2) is 9.58. The van der Waals surface area contributed by atoms with Gasteiger partial charge in [0.1, 0.15) is 12.4 Å². The van der Waals surface area contributed by atoms with E-state index in [-0.39, 0.29) is 0 Å². The van der Waals surface area contributed by atoms with Gasteiger partial charge in [0.2, 0.25) is 0 Å². The van der Waals surface area contributed by atoms with Crippen molar-refractivity contribution in [3.05, 3.63) is 90.0 Å². The van der Waals surface area contributed by atoms with Crippen molar-refractivity contribution in [2.75, 3.05) is 13.2 Å². The van der Waals surface area contributed by atoms with Crippen LogP contribution >= 0.6 is 0 Å². The first-order chi connectivity index (χ1) is 13.3. The van der Waals surface area contributed by atoms with Crippen LogP contribution in [0.3, 0.4) is 0 Å². The molecule has 0 saturated heterocycles. The maximum atomic E-state index is 5.68. The highest BCUT2D eigenvalue weighted by molar-refractivity contribution is 6.00. The zero-order chi connectivity index (χ0) is 18.9. The average Bonchev–Trinajstić information content (AvgIpc) is 2.72. The van der Waals surface area contributed by atoms with E-state index in [1.54, 1.807) is 0 Å². The van der Waals surface area contributed by atoms with Gasteiger partial charge in [-0.3, -0.25) is 0 Å². The molecule has 3 heteroatoms. The van der Waals surface area contributed by atoms with Gasteiger partial charge in [0.15, 0.2) is 6.61 Å². The second-order valence-electron chi connectivity index (χ2n) is 6.33. The quantitative estimate of drug-likeness (QED) is 0.286. The molecule has 0 aliphatic rings. The first kappa shape index (κ1) is 18.7. The molecular weight excluding hydrogens is 334 g/mol. The van der Waals surface area contributed by atoms with E-state index in [1.165, 1.54) is 16.7 Å². The highest BCUT2D eigenvalue weighted by atomic mass is 16.6. The summed E-state index contributed by atoms with van der Waals surface area (Å²) in [4.78, 5) is 5.47. The van der Waals surface area contributed by atoms with E-state index in [1.807, 2.05) is 37.3 Å². The summed E-state index contributed by atoms with van der Waals surface area (Å²) < 4.78 is 5.68. The van der Waals surface area contributed by atoms with Crippen LogP contribution in [-0.2, 0) is 4.84 Å². The zero-order valence-corrected chi connectivity index (χ0v) is 15.9. The molecule has 0 spiro atoms. The highest BCUT2D eigenvalue weighted by Crippen LogP contribution is 2.20. The Hall–Kier alpha value is -3.07. The molecule has 0 saturated carbocycles. The lowest BCUT2D eigenvalue weighted by Crippen LogP contribution is -2.06. The fraction of sp³-hybridized carbons (Fsp3) is 0.208. The topological polar surface area (TPSA) is 30.8 Å². The monoisotopic (exact) mass is 359 g/mol. The predicted octanol–water partition coefficient (Wildman–Crippen LogP) is 5.87. The summed E-state index contributed by atoms with van der Waals surface area (Å²) in [5.41, 5.74) is 5.60. The second-order valence-corrected chi connectivity index (χ2v) is 6.33. The minimum absolute atomic E-state index is 0.416. The molecule has 0 unspecified atom stereocenters. The van der Waals surface area contributed by atoms with Crippen molar-refractivity contribution in [1.82, 2.24) is 0 Å². The van der Waals surface area contributed by atoms with Crippen LogP contribution < -0.4 is 4.74 Å². The number of nitrogens with zero attached hydrogens (tertiary/aromatic N) is 1. The SMILES string of the molecule is CC/C(=N\OCCOc1cccc(C)c1)c1ccc(-c2ccccc2)cc1. The number of aryl methyl sites for hydroxylation is 1. The van der Waals surface area contributed by atoms with Gasteiger partial charge in [-0.25, -0.2) is 0 Å². The third-order valence-electron chi connectivity index (χ3n) is 4.27. The number of rotatable bonds is 8. The van der Waals surface area contributed by atoms with Crippen molar-refractivity contribution in [1.29, 1.82) is 0 Å². The van der Waals surface area contributed by atoms with Crippen LogP contribution in [-0.4, -0.2) is 18.9 Å². The van der Waals surface area contributed by atoms with Gasteiger partial charge >= 0.3 is 0 Å². The normalized spacial score (nSPS) is 11.3. The number of oxime groups is 1. The predicted molar refractivity (Wildman–Crippen MR) is 111 cm³/mol. The molecule has 0 amide bonds. The summed E-state index contributed by atoms with van der Waals surface area (Å²) in [5, 5.41) is 4.30. The van der Waals surface area contributed by atoms with E-state index >= 15 is 0 Å². The number of ether oxygens (including phenoxy) is 1. The first-order valence-corrected chi connectivity index (χ1v) is 9.30. The summed E-state index contributed by atoms with van der Waals surface area (Å²) in [6, 6.07) is 26.8. The van der Waals surface area contributed by atoms with Crippen LogP contribution in [0.1, 0.15) is 24.5 Å². The van der Waals surface area contributed by atoms with Gasteiger partial charge in [0.25, 0.3) is 0 Å². The molecule has 3 nitrogen and oxygen atoms in total. The lowest BCUT2D eigenvalue weighted by atomic mass is 10.0. The Kier molecular flexibility index (Phi) is 6.64. The van der Waals surface area contributed by atoms with Crippen LogP contribution in [0.25, 0.3) is 11.1 Å². The molecule has 0 bridgehead atoms. The molecule has 3 aromatic carbocycles. The Morgan fingerprint density at radius 3 is 2.26 bits per heavy atom. The number of benzene rings is 3. The Morgan fingerprint density at radius 1 is 0.815 bits per heavy atom. The van der Waals surface area contributed by atoms with Crippen molar-refractivity contribution >= 4 is 5.71 Å². The van der Waals surface area contributed by atoms with E-state index in [0.717, 1.165) is 23.4 Å². The maximum absolute atomic E-state index is 5.68. The van der Waals surface area contributed by atoms with Crippen molar-refractivity contribution in [2.45, 2.75) is 20.3 Å². The molecule has 0 heterocycles. The van der Waals surface area contributed by atoms with E-state index in [4.69, 9.17) is 9.57 Å². The third-order valence-corrected chi connectivity index (χ3v) is 4.27.